The number of aromatic nitrogens is 2. The van der Waals surface area contributed by atoms with Gasteiger partial charge in [-0.3, -0.25) is 19.0 Å². The van der Waals surface area contributed by atoms with Crippen LogP contribution in [0.15, 0.2) is 47.5 Å². The summed E-state index contributed by atoms with van der Waals surface area (Å²) in [4.78, 5) is 46.3. The lowest BCUT2D eigenvalue weighted by Gasteiger charge is -2.33. The second-order valence-corrected chi connectivity index (χ2v) is 11.3. The van der Waals surface area contributed by atoms with Crippen molar-refractivity contribution in [2.75, 3.05) is 26.7 Å². The Morgan fingerprint density at radius 1 is 1.15 bits per heavy atom. The lowest BCUT2D eigenvalue weighted by molar-refractivity contribution is -0.131. The van der Waals surface area contributed by atoms with Crippen molar-refractivity contribution in [3.8, 4) is 6.07 Å². The van der Waals surface area contributed by atoms with Crippen molar-refractivity contribution in [2.45, 2.75) is 51.1 Å². The quantitative estimate of drug-likeness (QED) is 0.442. The SMILES string of the molecule is CN(Cc1ccc(Cl)c(C#N)c1)C(=O)Cn1cnc2ccc(C3CCN(CC4CCC(=O)C4)CC3)cc2c1=O. The van der Waals surface area contributed by atoms with Gasteiger partial charge < -0.3 is 9.80 Å². The lowest BCUT2D eigenvalue weighted by Crippen LogP contribution is -2.36. The predicted molar refractivity (Wildman–Crippen MR) is 149 cm³/mol. The standard InChI is InChI=1S/C30H32ClN5O3/c1-34(16-20-3-6-27(31)24(12-20)15-32)29(38)18-36-19-33-28-7-4-23(14-26(28)30(36)39)22-8-10-35(11-9-22)17-21-2-5-25(37)13-21/h3-4,6-7,12,14,19,21-22H,2,5,8-11,13,16-18H2,1H3. The number of hydrogen-bond acceptors (Lipinski definition) is 6. The molecule has 8 nitrogen and oxygen atoms in total. The number of halogens is 1. The molecule has 2 aromatic carbocycles. The van der Waals surface area contributed by atoms with Gasteiger partial charge in [0, 0.05) is 33.0 Å². The second kappa shape index (κ2) is 11.7. The Balaban J connectivity index is 1.24. The molecule has 3 aromatic rings. The summed E-state index contributed by atoms with van der Waals surface area (Å²) in [6, 6.07) is 13.0. The van der Waals surface area contributed by atoms with Crippen LogP contribution in [0.25, 0.3) is 10.9 Å². The van der Waals surface area contributed by atoms with Gasteiger partial charge in [0.1, 0.15) is 18.4 Å². The molecule has 0 radical (unpaired) electrons. The van der Waals surface area contributed by atoms with Gasteiger partial charge in [0.25, 0.3) is 5.56 Å². The fourth-order valence-electron chi connectivity index (χ4n) is 5.79. The smallest absolute Gasteiger partial charge is 0.261 e. The van der Waals surface area contributed by atoms with E-state index in [1.807, 2.05) is 18.2 Å². The normalized spacial score (nSPS) is 18.4. The van der Waals surface area contributed by atoms with Crippen LogP contribution in [0.5, 0.6) is 0 Å². The van der Waals surface area contributed by atoms with E-state index in [0.717, 1.165) is 62.9 Å². The molecule has 2 aliphatic rings. The number of nitrogens with zero attached hydrogens (tertiary/aromatic N) is 5. The van der Waals surface area contributed by atoms with E-state index in [4.69, 9.17) is 11.6 Å². The summed E-state index contributed by atoms with van der Waals surface area (Å²) in [5.74, 6) is 1.03. The first-order valence-electron chi connectivity index (χ1n) is 13.5. The molecule has 9 heteroatoms. The summed E-state index contributed by atoms with van der Waals surface area (Å²) >= 11 is 6.01. The molecule has 0 N–H and O–H groups in total. The third kappa shape index (κ3) is 6.21. The van der Waals surface area contributed by atoms with Crippen molar-refractivity contribution in [1.29, 1.82) is 5.26 Å². The maximum absolute atomic E-state index is 13.3. The Hall–Kier alpha value is -3.54. The Morgan fingerprint density at radius 2 is 1.95 bits per heavy atom. The summed E-state index contributed by atoms with van der Waals surface area (Å²) in [5, 5.41) is 10.1. The molecular formula is C30H32ClN5O3. The molecule has 202 valence electrons. The summed E-state index contributed by atoms with van der Waals surface area (Å²) in [6.45, 7) is 3.17. The minimum absolute atomic E-state index is 0.122. The third-order valence-electron chi connectivity index (χ3n) is 8.07. The summed E-state index contributed by atoms with van der Waals surface area (Å²) < 4.78 is 1.36. The molecule has 2 fully saturated rings. The zero-order valence-electron chi connectivity index (χ0n) is 22.1. The zero-order chi connectivity index (χ0) is 27.5. The summed E-state index contributed by atoms with van der Waals surface area (Å²) in [7, 11) is 1.66. The average molecular weight is 546 g/mol. The second-order valence-electron chi connectivity index (χ2n) is 10.9. The predicted octanol–water partition coefficient (Wildman–Crippen LogP) is 4.13. The number of hydrogen-bond donors (Lipinski definition) is 0. The van der Waals surface area contributed by atoms with Gasteiger partial charge in [0.2, 0.25) is 5.91 Å². The molecule has 5 rings (SSSR count). The highest BCUT2D eigenvalue weighted by molar-refractivity contribution is 6.31. The van der Waals surface area contributed by atoms with E-state index in [1.165, 1.54) is 15.8 Å². The van der Waals surface area contributed by atoms with Crippen LogP contribution in [0.1, 0.15) is 54.7 Å². The van der Waals surface area contributed by atoms with Crippen LogP contribution in [0.4, 0.5) is 0 Å². The number of piperidine rings is 1. The van der Waals surface area contributed by atoms with Gasteiger partial charge in [-0.1, -0.05) is 23.7 Å². The number of ketones is 1. The number of fused-ring (bicyclic) bond motifs is 1. The van der Waals surface area contributed by atoms with Crippen molar-refractivity contribution in [3.05, 3.63) is 74.8 Å². The van der Waals surface area contributed by atoms with Gasteiger partial charge in [-0.2, -0.15) is 5.26 Å². The van der Waals surface area contributed by atoms with E-state index < -0.39 is 0 Å². The Kier molecular flexibility index (Phi) is 8.10. The van der Waals surface area contributed by atoms with E-state index in [2.05, 4.69) is 16.0 Å². The number of likely N-dealkylation sites (tertiary alicyclic amines) is 1. The maximum atomic E-state index is 13.3. The van der Waals surface area contributed by atoms with Crippen LogP contribution in [0.2, 0.25) is 5.02 Å². The molecule has 0 spiro atoms. The highest BCUT2D eigenvalue weighted by atomic mass is 35.5. The number of carbonyl (C=O) groups is 2. The number of carbonyl (C=O) groups excluding carboxylic acids is 2. The van der Waals surface area contributed by atoms with E-state index in [1.54, 1.807) is 25.2 Å². The molecule has 0 bridgehead atoms. The van der Waals surface area contributed by atoms with Crippen LogP contribution in [-0.2, 0) is 22.7 Å². The molecule has 1 aromatic heterocycles. The molecule has 2 heterocycles. The van der Waals surface area contributed by atoms with Crippen LogP contribution in [0.3, 0.4) is 0 Å². The largest absolute Gasteiger partial charge is 0.340 e. The first-order valence-corrected chi connectivity index (χ1v) is 13.8. The number of amides is 1. The summed E-state index contributed by atoms with van der Waals surface area (Å²) in [6.07, 6.45) is 5.94. The summed E-state index contributed by atoms with van der Waals surface area (Å²) in [5.41, 5.74) is 2.66. The Labute approximate surface area is 232 Å². The van der Waals surface area contributed by atoms with E-state index in [9.17, 15) is 19.6 Å². The molecule has 39 heavy (non-hydrogen) atoms. The first-order chi connectivity index (χ1) is 18.8. The van der Waals surface area contributed by atoms with Crippen molar-refractivity contribution >= 4 is 34.2 Å². The van der Waals surface area contributed by atoms with Gasteiger partial charge in [0.05, 0.1) is 27.8 Å². The minimum Gasteiger partial charge on any atom is -0.340 e. The van der Waals surface area contributed by atoms with Crippen molar-refractivity contribution in [1.82, 2.24) is 19.4 Å². The lowest BCUT2D eigenvalue weighted by atomic mass is 9.88. The molecule has 1 atom stereocenters. The van der Waals surface area contributed by atoms with Gasteiger partial charge in [0.15, 0.2) is 0 Å². The van der Waals surface area contributed by atoms with E-state index in [-0.39, 0.29) is 18.0 Å². The zero-order valence-corrected chi connectivity index (χ0v) is 22.9. The van der Waals surface area contributed by atoms with Crippen LogP contribution in [0, 0.1) is 17.2 Å². The van der Waals surface area contributed by atoms with E-state index >= 15 is 0 Å². The van der Waals surface area contributed by atoms with Crippen molar-refractivity contribution in [3.63, 3.8) is 0 Å². The molecule has 1 amide bonds. The van der Waals surface area contributed by atoms with E-state index in [0.29, 0.717) is 45.7 Å². The van der Waals surface area contributed by atoms with Gasteiger partial charge in [-0.15, -0.1) is 0 Å². The molecule has 1 saturated carbocycles. The number of nitriles is 1. The number of likely N-dealkylation sites (N-methyl/N-ethyl adjacent to an activating group) is 1. The number of rotatable bonds is 7. The monoisotopic (exact) mass is 545 g/mol. The van der Waals surface area contributed by atoms with Crippen LogP contribution in [-0.4, -0.2) is 57.7 Å². The van der Waals surface area contributed by atoms with Crippen molar-refractivity contribution in [2.24, 2.45) is 5.92 Å². The number of benzene rings is 2. The molecular weight excluding hydrogens is 514 g/mol. The maximum Gasteiger partial charge on any atom is 0.261 e. The Bertz CT molecular complexity index is 1500. The van der Waals surface area contributed by atoms with Crippen LogP contribution < -0.4 is 5.56 Å². The van der Waals surface area contributed by atoms with Gasteiger partial charge >= 0.3 is 0 Å². The first kappa shape index (κ1) is 27.0. The fraction of sp³-hybridized carbons (Fsp3) is 0.433. The molecule has 1 aliphatic carbocycles. The number of Topliss-reactive ketones (excluding diaryl/α,β-unsaturated/α-hetero) is 1. The third-order valence-corrected chi connectivity index (χ3v) is 8.40. The fourth-order valence-corrected chi connectivity index (χ4v) is 5.95. The van der Waals surface area contributed by atoms with Crippen LogP contribution >= 0.6 is 11.6 Å². The highest BCUT2D eigenvalue weighted by Crippen LogP contribution is 2.31. The van der Waals surface area contributed by atoms with Crippen molar-refractivity contribution < 1.29 is 9.59 Å². The molecule has 1 unspecified atom stereocenters. The van der Waals surface area contributed by atoms with Gasteiger partial charge in [-0.05, 0) is 79.6 Å². The Morgan fingerprint density at radius 3 is 2.67 bits per heavy atom. The topological polar surface area (TPSA) is 99.3 Å². The van der Waals surface area contributed by atoms with Gasteiger partial charge in [-0.25, -0.2) is 4.98 Å². The minimum atomic E-state index is -0.237. The molecule has 1 aliphatic heterocycles. The highest BCUT2D eigenvalue weighted by Gasteiger charge is 2.27. The average Bonchev–Trinajstić information content (AvgIpc) is 3.35. The molecule has 1 saturated heterocycles.